The van der Waals surface area contributed by atoms with Gasteiger partial charge in [0, 0.05) is 6.54 Å². The number of hydrogen-bond donors (Lipinski definition) is 2. The standard InChI is InChI=1S/C16H14ClF2NO3/c17-15-7-11(19)3-6-14(15)16(22)20-8-12(21)9-23-13-4-1-10(18)2-5-13/h1-7,12,21H,8-9H2,(H,20,22)/t12-/m1/s1. The van der Waals surface area contributed by atoms with Gasteiger partial charge in [-0.1, -0.05) is 11.6 Å². The Hall–Kier alpha value is -2.18. The van der Waals surface area contributed by atoms with Crippen molar-refractivity contribution in [2.75, 3.05) is 13.2 Å². The molecule has 0 saturated heterocycles. The highest BCUT2D eigenvalue weighted by Crippen LogP contribution is 2.17. The van der Waals surface area contributed by atoms with E-state index in [1.807, 2.05) is 0 Å². The summed E-state index contributed by atoms with van der Waals surface area (Å²) in [5.41, 5.74) is 0.111. The van der Waals surface area contributed by atoms with E-state index in [9.17, 15) is 18.7 Å². The van der Waals surface area contributed by atoms with Crippen molar-refractivity contribution < 1.29 is 23.4 Å². The molecule has 0 aliphatic heterocycles. The lowest BCUT2D eigenvalue weighted by molar-refractivity contribution is 0.0843. The minimum absolute atomic E-state index is 0.0143. The molecule has 0 radical (unpaired) electrons. The Morgan fingerprint density at radius 2 is 1.83 bits per heavy atom. The molecule has 0 unspecified atom stereocenters. The quantitative estimate of drug-likeness (QED) is 0.849. The molecule has 2 aromatic rings. The first-order valence-corrected chi connectivity index (χ1v) is 7.13. The number of carbonyl (C=O) groups is 1. The number of carbonyl (C=O) groups excluding carboxylic acids is 1. The van der Waals surface area contributed by atoms with Gasteiger partial charge in [0.05, 0.1) is 10.6 Å². The Morgan fingerprint density at radius 1 is 1.17 bits per heavy atom. The molecule has 0 saturated carbocycles. The van der Waals surface area contributed by atoms with Crippen molar-refractivity contribution in [2.45, 2.75) is 6.10 Å². The number of ether oxygens (including phenoxy) is 1. The number of hydrogen-bond acceptors (Lipinski definition) is 3. The second-order valence-corrected chi connectivity index (χ2v) is 5.16. The molecule has 2 aromatic carbocycles. The maximum atomic E-state index is 12.9. The monoisotopic (exact) mass is 341 g/mol. The number of nitrogens with one attached hydrogen (secondary N) is 1. The van der Waals surface area contributed by atoms with E-state index in [2.05, 4.69) is 5.32 Å². The summed E-state index contributed by atoms with van der Waals surface area (Å²) in [7, 11) is 0. The highest BCUT2D eigenvalue weighted by atomic mass is 35.5. The van der Waals surface area contributed by atoms with E-state index in [0.29, 0.717) is 5.75 Å². The van der Waals surface area contributed by atoms with Gasteiger partial charge in [-0.2, -0.15) is 0 Å². The highest BCUT2D eigenvalue weighted by Gasteiger charge is 2.13. The van der Waals surface area contributed by atoms with E-state index in [1.165, 1.54) is 30.3 Å². The van der Waals surface area contributed by atoms with Crippen LogP contribution >= 0.6 is 11.6 Å². The number of benzene rings is 2. The highest BCUT2D eigenvalue weighted by molar-refractivity contribution is 6.33. The van der Waals surface area contributed by atoms with E-state index in [4.69, 9.17) is 16.3 Å². The first-order chi connectivity index (χ1) is 11.0. The minimum atomic E-state index is -0.969. The maximum absolute atomic E-state index is 12.9. The van der Waals surface area contributed by atoms with Gasteiger partial charge >= 0.3 is 0 Å². The second-order valence-electron chi connectivity index (χ2n) is 4.75. The second kappa shape index (κ2) is 7.89. The van der Waals surface area contributed by atoms with Gasteiger partial charge in [-0.05, 0) is 42.5 Å². The molecular weight excluding hydrogens is 328 g/mol. The van der Waals surface area contributed by atoms with Gasteiger partial charge in [-0.25, -0.2) is 8.78 Å². The predicted molar refractivity (Wildman–Crippen MR) is 81.6 cm³/mol. The van der Waals surface area contributed by atoms with Gasteiger partial charge in [0.25, 0.3) is 5.91 Å². The lowest BCUT2D eigenvalue weighted by Crippen LogP contribution is -2.35. The summed E-state index contributed by atoms with van der Waals surface area (Å²) >= 11 is 5.78. The Labute approximate surface area is 136 Å². The van der Waals surface area contributed by atoms with Crippen LogP contribution in [0, 0.1) is 11.6 Å². The number of aliphatic hydroxyl groups excluding tert-OH is 1. The Bertz CT molecular complexity index is 680. The Kier molecular flexibility index (Phi) is 5.90. The first kappa shape index (κ1) is 17.2. The fourth-order valence-electron chi connectivity index (χ4n) is 1.76. The third-order valence-electron chi connectivity index (χ3n) is 2.93. The van der Waals surface area contributed by atoms with E-state index >= 15 is 0 Å². The molecule has 2 rings (SSSR count). The van der Waals surface area contributed by atoms with Gasteiger partial charge in [0.1, 0.15) is 30.1 Å². The molecule has 23 heavy (non-hydrogen) atoms. The fraction of sp³-hybridized carbons (Fsp3) is 0.188. The Morgan fingerprint density at radius 3 is 2.48 bits per heavy atom. The van der Waals surface area contributed by atoms with Crippen LogP contribution < -0.4 is 10.1 Å². The molecule has 1 amide bonds. The predicted octanol–water partition coefficient (Wildman–Crippen LogP) is 2.79. The average Bonchev–Trinajstić information content (AvgIpc) is 2.52. The molecule has 0 bridgehead atoms. The van der Waals surface area contributed by atoms with Crippen molar-refractivity contribution in [1.82, 2.24) is 5.32 Å². The molecule has 0 spiro atoms. The summed E-state index contributed by atoms with van der Waals surface area (Å²) in [5, 5.41) is 12.2. The molecular formula is C16H14ClF2NO3. The molecule has 2 N–H and O–H groups in total. The summed E-state index contributed by atoms with van der Waals surface area (Å²) in [6.07, 6.45) is -0.969. The first-order valence-electron chi connectivity index (χ1n) is 6.75. The van der Waals surface area contributed by atoms with Crippen molar-refractivity contribution in [3.05, 3.63) is 64.7 Å². The fourth-order valence-corrected chi connectivity index (χ4v) is 2.01. The molecule has 1 atom stereocenters. The maximum Gasteiger partial charge on any atom is 0.252 e. The lowest BCUT2D eigenvalue weighted by Gasteiger charge is -2.13. The zero-order chi connectivity index (χ0) is 16.8. The SMILES string of the molecule is O=C(NC[C@@H](O)COc1ccc(F)cc1)c1ccc(F)cc1Cl. The van der Waals surface area contributed by atoms with Gasteiger partial charge in [-0.15, -0.1) is 0 Å². The summed E-state index contributed by atoms with van der Waals surface area (Å²) in [5.74, 6) is -1.06. The van der Waals surface area contributed by atoms with Crippen LogP contribution in [-0.4, -0.2) is 30.3 Å². The lowest BCUT2D eigenvalue weighted by atomic mass is 10.2. The molecule has 0 heterocycles. The summed E-state index contributed by atoms with van der Waals surface area (Å²) in [6.45, 7) is -0.156. The van der Waals surface area contributed by atoms with Crippen molar-refractivity contribution in [3.63, 3.8) is 0 Å². The number of amides is 1. The van der Waals surface area contributed by atoms with Crippen LogP contribution in [0.25, 0.3) is 0 Å². The largest absolute Gasteiger partial charge is 0.491 e. The van der Waals surface area contributed by atoms with E-state index in [1.54, 1.807) is 0 Å². The van der Waals surface area contributed by atoms with Gasteiger partial charge in [0.15, 0.2) is 0 Å². The van der Waals surface area contributed by atoms with Crippen LogP contribution in [0.4, 0.5) is 8.78 Å². The van der Waals surface area contributed by atoms with Crippen molar-refractivity contribution in [1.29, 1.82) is 0 Å². The smallest absolute Gasteiger partial charge is 0.252 e. The number of halogens is 3. The normalized spacial score (nSPS) is 11.8. The molecule has 4 nitrogen and oxygen atoms in total. The number of rotatable bonds is 6. The Balaban J connectivity index is 1.80. The molecule has 0 aliphatic carbocycles. The molecule has 122 valence electrons. The zero-order valence-electron chi connectivity index (χ0n) is 11.9. The third-order valence-corrected chi connectivity index (χ3v) is 3.24. The van der Waals surface area contributed by atoms with Crippen LogP contribution in [0.15, 0.2) is 42.5 Å². The molecule has 0 aromatic heterocycles. The van der Waals surface area contributed by atoms with Crippen molar-refractivity contribution >= 4 is 17.5 Å². The van der Waals surface area contributed by atoms with Crippen molar-refractivity contribution in [3.8, 4) is 5.75 Å². The third kappa shape index (κ3) is 5.19. The average molecular weight is 342 g/mol. The minimum Gasteiger partial charge on any atom is -0.491 e. The van der Waals surface area contributed by atoms with Crippen LogP contribution in [-0.2, 0) is 0 Å². The summed E-state index contributed by atoms with van der Waals surface area (Å²) in [6, 6.07) is 8.74. The van der Waals surface area contributed by atoms with Gasteiger partial charge in [0.2, 0.25) is 0 Å². The van der Waals surface area contributed by atoms with E-state index in [0.717, 1.165) is 12.1 Å². The summed E-state index contributed by atoms with van der Waals surface area (Å²) in [4.78, 5) is 11.9. The van der Waals surface area contributed by atoms with Gasteiger partial charge < -0.3 is 15.2 Å². The topological polar surface area (TPSA) is 58.6 Å². The molecule has 7 heteroatoms. The van der Waals surface area contributed by atoms with Crippen LogP contribution in [0.3, 0.4) is 0 Å². The van der Waals surface area contributed by atoms with E-state index in [-0.39, 0.29) is 29.6 Å². The van der Waals surface area contributed by atoms with Gasteiger partial charge in [-0.3, -0.25) is 4.79 Å². The van der Waals surface area contributed by atoms with Crippen LogP contribution in [0.1, 0.15) is 10.4 Å². The van der Waals surface area contributed by atoms with E-state index < -0.39 is 17.8 Å². The summed E-state index contributed by atoms with van der Waals surface area (Å²) < 4.78 is 30.9. The van der Waals surface area contributed by atoms with Crippen LogP contribution in [0.5, 0.6) is 5.75 Å². The zero-order valence-corrected chi connectivity index (χ0v) is 12.7. The molecule has 0 fully saturated rings. The molecule has 0 aliphatic rings. The number of aliphatic hydroxyl groups is 1. The van der Waals surface area contributed by atoms with Crippen molar-refractivity contribution in [2.24, 2.45) is 0 Å². The van der Waals surface area contributed by atoms with Crippen LogP contribution in [0.2, 0.25) is 5.02 Å².